The van der Waals surface area contributed by atoms with Crippen molar-refractivity contribution in [1.29, 1.82) is 0 Å². The zero-order valence-electron chi connectivity index (χ0n) is 12.0. The zero-order valence-corrected chi connectivity index (χ0v) is 12.0. The van der Waals surface area contributed by atoms with Crippen molar-refractivity contribution in [2.75, 3.05) is 10.6 Å². The molecule has 1 saturated carbocycles. The number of rotatable bonds is 4. The lowest BCUT2D eigenvalue weighted by Gasteiger charge is -2.23. The number of benzene rings is 1. The van der Waals surface area contributed by atoms with Gasteiger partial charge in [0.1, 0.15) is 0 Å². The molecular weight excluding hydrogens is 264 g/mol. The molecule has 0 bridgehead atoms. The third-order valence-electron chi connectivity index (χ3n) is 3.72. The Balaban J connectivity index is 1.60. The molecule has 21 heavy (non-hydrogen) atoms. The van der Waals surface area contributed by atoms with Crippen molar-refractivity contribution in [1.82, 2.24) is 10.2 Å². The van der Waals surface area contributed by atoms with E-state index in [-0.39, 0.29) is 11.8 Å². The van der Waals surface area contributed by atoms with Gasteiger partial charge >= 0.3 is 0 Å². The summed E-state index contributed by atoms with van der Waals surface area (Å²) in [5.41, 5.74) is 2.17. The van der Waals surface area contributed by atoms with E-state index in [0.29, 0.717) is 11.6 Å². The first-order chi connectivity index (χ1) is 10.2. The van der Waals surface area contributed by atoms with Crippen LogP contribution in [0.25, 0.3) is 0 Å². The predicted octanol–water partition coefficient (Wildman–Crippen LogP) is 3.27. The molecule has 0 spiro atoms. The van der Waals surface area contributed by atoms with Gasteiger partial charge < -0.3 is 10.6 Å². The van der Waals surface area contributed by atoms with Gasteiger partial charge in [-0.05, 0) is 44.0 Å². The van der Waals surface area contributed by atoms with E-state index in [1.165, 1.54) is 5.56 Å². The van der Waals surface area contributed by atoms with Crippen molar-refractivity contribution in [3.8, 4) is 0 Å². The highest BCUT2D eigenvalue weighted by Gasteiger charge is 2.25. The molecule has 1 aromatic carbocycles. The fourth-order valence-corrected chi connectivity index (χ4v) is 2.15. The van der Waals surface area contributed by atoms with Crippen LogP contribution in [0.2, 0.25) is 0 Å². The van der Waals surface area contributed by atoms with E-state index in [9.17, 15) is 4.79 Å². The third kappa shape index (κ3) is 3.37. The van der Waals surface area contributed by atoms with E-state index in [4.69, 9.17) is 0 Å². The molecule has 2 N–H and O–H groups in total. The van der Waals surface area contributed by atoms with Gasteiger partial charge in [0.15, 0.2) is 11.6 Å². The number of carbonyl (C=O) groups excluding carboxylic acids is 1. The van der Waals surface area contributed by atoms with Crippen LogP contribution in [-0.2, 0) is 4.79 Å². The molecule has 1 aromatic heterocycles. The van der Waals surface area contributed by atoms with Crippen molar-refractivity contribution in [3.05, 3.63) is 42.0 Å². The average molecular weight is 282 g/mol. The summed E-state index contributed by atoms with van der Waals surface area (Å²) in [6.45, 7) is 2.04. The van der Waals surface area contributed by atoms with Crippen LogP contribution in [0.4, 0.5) is 17.3 Å². The van der Waals surface area contributed by atoms with Crippen LogP contribution >= 0.6 is 0 Å². The number of aryl methyl sites for hydroxylation is 1. The van der Waals surface area contributed by atoms with Gasteiger partial charge in [-0.1, -0.05) is 24.1 Å². The van der Waals surface area contributed by atoms with E-state index in [2.05, 4.69) is 20.8 Å². The molecule has 5 heteroatoms. The average Bonchev–Trinajstić information content (AvgIpc) is 2.41. The van der Waals surface area contributed by atoms with Crippen LogP contribution in [0.1, 0.15) is 24.8 Å². The molecule has 1 amide bonds. The van der Waals surface area contributed by atoms with Gasteiger partial charge in [-0.25, -0.2) is 0 Å². The second-order valence-electron chi connectivity index (χ2n) is 5.41. The van der Waals surface area contributed by atoms with Crippen LogP contribution in [0.15, 0.2) is 36.4 Å². The Morgan fingerprint density at radius 1 is 1.05 bits per heavy atom. The Morgan fingerprint density at radius 3 is 2.29 bits per heavy atom. The molecule has 1 fully saturated rings. The smallest absolute Gasteiger partial charge is 0.228 e. The highest BCUT2D eigenvalue weighted by molar-refractivity contribution is 5.92. The molecule has 5 nitrogen and oxygen atoms in total. The Labute approximate surface area is 123 Å². The zero-order chi connectivity index (χ0) is 14.7. The van der Waals surface area contributed by atoms with Crippen molar-refractivity contribution in [2.24, 2.45) is 5.92 Å². The van der Waals surface area contributed by atoms with E-state index in [1.54, 1.807) is 6.07 Å². The van der Waals surface area contributed by atoms with Gasteiger partial charge in [0.05, 0.1) is 0 Å². The maximum Gasteiger partial charge on any atom is 0.228 e. The number of carbonyl (C=O) groups is 1. The SMILES string of the molecule is Cc1ccc(Nc2ccc(NC(=O)C3CCC3)nn2)cc1. The van der Waals surface area contributed by atoms with Gasteiger partial charge in [-0.15, -0.1) is 10.2 Å². The molecule has 0 saturated heterocycles. The number of anilines is 3. The molecule has 0 aliphatic heterocycles. The van der Waals surface area contributed by atoms with E-state index < -0.39 is 0 Å². The molecule has 0 radical (unpaired) electrons. The van der Waals surface area contributed by atoms with Gasteiger partial charge in [-0.3, -0.25) is 4.79 Å². The molecule has 3 rings (SSSR count). The van der Waals surface area contributed by atoms with Gasteiger partial charge in [0.25, 0.3) is 0 Å². The van der Waals surface area contributed by atoms with Gasteiger partial charge in [0.2, 0.25) is 5.91 Å². The second-order valence-corrected chi connectivity index (χ2v) is 5.41. The molecule has 0 atom stereocenters. The van der Waals surface area contributed by atoms with Crippen LogP contribution in [0.3, 0.4) is 0 Å². The second kappa shape index (κ2) is 5.91. The Hall–Kier alpha value is -2.43. The predicted molar refractivity (Wildman–Crippen MR) is 82.5 cm³/mol. The lowest BCUT2D eigenvalue weighted by molar-refractivity contribution is -0.122. The van der Waals surface area contributed by atoms with Crippen LogP contribution in [-0.4, -0.2) is 16.1 Å². The highest BCUT2D eigenvalue weighted by atomic mass is 16.2. The standard InChI is InChI=1S/C16H18N4O/c1-11-5-7-13(8-6-11)17-14-9-10-15(20-19-14)18-16(21)12-3-2-4-12/h5-10,12H,2-4H2,1H3,(H,17,19)(H,18,20,21). The van der Waals surface area contributed by atoms with Crippen LogP contribution in [0.5, 0.6) is 0 Å². The van der Waals surface area contributed by atoms with Crippen molar-refractivity contribution < 1.29 is 4.79 Å². The topological polar surface area (TPSA) is 66.9 Å². The first-order valence-corrected chi connectivity index (χ1v) is 7.19. The lowest BCUT2D eigenvalue weighted by atomic mass is 9.85. The molecule has 108 valence electrons. The van der Waals surface area contributed by atoms with E-state index in [0.717, 1.165) is 24.9 Å². The molecule has 1 aliphatic rings. The first-order valence-electron chi connectivity index (χ1n) is 7.19. The Bertz CT molecular complexity index is 618. The number of hydrogen-bond acceptors (Lipinski definition) is 4. The number of aromatic nitrogens is 2. The number of hydrogen-bond donors (Lipinski definition) is 2. The van der Waals surface area contributed by atoms with E-state index in [1.807, 2.05) is 37.3 Å². The fourth-order valence-electron chi connectivity index (χ4n) is 2.15. The quantitative estimate of drug-likeness (QED) is 0.903. The first kappa shape index (κ1) is 13.5. The molecular formula is C16H18N4O. The monoisotopic (exact) mass is 282 g/mol. The number of nitrogens with one attached hydrogen (secondary N) is 2. The summed E-state index contributed by atoms with van der Waals surface area (Å²) < 4.78 is 0. The fraction of sp³-hybridized carbons (Fsp3) is 0.312. The summed E-state index contributed by atoms with van der Waals surface area (Å²) in [6, 6.07) is 11.6. The van der Waals surface area contributed by atoms with E-state index >= 15 is 0 Å². The third-order valence-corrected chi connectivity index (χ3v) is 3.72. The summed E-state index contributed by atoms with van der Waals surface area (Å²) >= 11 is 0. The van der Waals surface area contributed by atoms with Crippen molar-refractivity contribution in [2.45, 2.75) is 26.2 Å². The van der Waals surface area contributed by atoms with Crippen molar-refractivity contribution >= 4 is 23.2 Å². The normalized spacial score (nSPS) is 14.3. The molecule has 1 aliphatic carbocycles. The number of amides is 1. The summed E-state index contributed by atoms with van der Waals surface area (Å²) in [5.74, 6) is 1.36. The maximum absolute atomic E-state index is 11.8. The minimum absolute atomic E-state index is 0.0507. The summed E-state index contributed by atoms with van der Waals surface area (Å²) in [7, 11) is 0. The highest BCUT2D eigenvalue weighted by Crippen LogP contribution is 2.27. The largest absolute Gasteiger partial charge is 0.339 e. The van der Waals surface area contributed by atoms with Crippen molar-refractivity contribution in [3.63, 3.8) is 0 Å². The molecule has 2 aromatic rings. The lowest BCUT2D eigenvalue weighted by Crippen LogP contribution is -2.28. The Morgan fingerprint density at radius 2 is 1.71 bits per heavy atom. The maximum atomic E-state index is 11.8. The minimum Gasteiger partial charge on any atom is -0.339 e. The summed E-state index contributed by atoms with van der Waals surface area (Å²) in [5, 5.41) is 14.1. The van der Waals surface area contributed by atoms with Crippen LogP contribution in [0, 0.1) is 12.8 Å². The van der Waals surface area contributed by atoms with Gasteiger partial charge in [0, 0.05) is 11.6 Å². The Kier molecular flexibility index (Phi) is 3.81. The van der Waals surface area contributed by atoms with Crippen LogP contribution < -0.4 is 10.6 Å². The van der Waals surface area contributed by atoms with Gasteiger partial charge in [-0.2, -0.15) is 0 Å². The number of nitrogens with zero attached hydrogens (tertiary/aromatic N) is 2. The minimum atomic E-state index is 0.0507. The molecule has 0 unspecified atom stereocenters. The summed E-state index contributed by atoms with van der Waals surface area (Å²) in [6.07, 6.45) is 3.10. The molecule has 1 heterocycles. The summed E-state index contributed by atoms with van der Waals surface area (Å²) in [4.78, 5) is 11.8.